The molecule has 0 saturated carbocycles. The topological polar surface area (TPSA) is 74.6 Å². The van der Waals surface area contributed by atoms with E-state index >= 15 is 0 Å². The predicted molar refractivity (Wildman–Crippen MR) is 98.1 cm³/mol. The Kier molecular flexibility index (Phi) is 10.7. The number of carbonyl (C=O) groups is 2. The molecule has 0 rings (SSSR count). The van der Waals surface area contributed by atoms with Gasteiger partial charge < -0.3 is 10.2 Å². The van der Waals surface area contributed by atoms with Gasteiger partial charge in [-0.1, -0.05) is 52.7 Å². The number of carboxylic acids is 2. The van der Waals surface area contributed by atoms with Crippen LogP contribution in [0.3, 0.4) is 0 Å². The fraction of sp³-hybridized carbons (Fsp3) is 0.800. The van der Waals surface area contributed by atoms with Crippen molar-refractivity contribution in [3.05, 3.63) is 12.2 Å². The summed E-state index contributed by atoms with van der Waals surface area (Å²) in [5, 5.41) is 17.7. The van der Waals surface area contributed by atoms with E-state index in [1.54, 1.807) is 0 Å². The van der Waals surface area contributed by atoms with Crippen molar-refractivity contribution in [1.29, 1.82) is 0 Å². The van der Waals surface area contributed by atoms with Crippen molar-refractivity contribution >= 4 is 11.9 Å². The van der Waals surface area contributed by atoms with E-state index in [4.69, 9.17) is 10.2 Å². The molecular formula is C20H36O4. The summed E-state index contributed by atoms with van der Waals surface area (Å²) in [7, 11) is 0. The summed E-state index contributed by atoms with van der Waals surface area (Å²) in [5.41, 5.74) is -0.226. The summed E-state index contributed by atoms with van der Waals surface area (Å²) in [4.78, 5) is 21.5. The van der Waals surface area contributed by atoms with Crippen LogP contribution in [0.4, 0.5) is 0 Å². The Morgan fingerprint density at radius 3 is 1.33 bits per heavy atom. The normalized spacial score (nSPS) is 12.7. The summed E-state index contributed by atoms with van der Waals surface area (Å²) in [6.07, 6.45) is 13.2. The van der Waals surface area contributed by atoms with Gasteiger partial charge in [0.25, 0.3) is 0 Å². The van der Waals surface area contributed by atoms with Crippen LogP contribution in [0.1, 0.15) is 91.9 Å². The lowest BCUT2D eigenvalue weighted by Crippen LogP contribution is -2.16. The zero-order chi connectivity index (χ0) is 18.6. The summed E-state index contributed by atoms with van der Waals surface area (Å²) >= 11 is 0. The van der Waals surface area contributed by atoms with Crippen LogP contribution in [0, 0.1) is 10.8 Å². The molecule has 0 fully saturated rings. The maximum atomic E-state index is 10.7. The second-order valence-corrected chi connectivity index (χ2v) is 8.43. The third-order valence-electron chi connectivity index (χ3n) is 4.37. The SMILES string of the molecule is CC(C)(CCCC/C=C/CCCCC(C)(C)CC(=O)O)CC(=O)O. The van der Waals surface area contributed by atoms with Crippen LogP contribution in [-0.4, -0.2) is 22.2 Å². The average Bonchev–Trinajstić information content (AvgIpc) is 2.37. The van der Waals surface area contributed by atoms with E-state index in [1.165, 1.54) is 0 Å². The van der Waals surface area contributed by atoms with Gasteiger partial charge in [-0.3, -0.25) is 9.59 Å². The van der Waals surface area contributed by atoms with E-state index < -0.39 is 11.9 Å². The molecule has 24 heavy (non-hydrogen) atoms. The van der Waals surface area contributed by atoms with Crippen molar-refractivity contribution in [1.82, 2.24) is 0 Å². The first-order valence-electron chi connectivity index (χ1n) is 9.13. The molecule has 0 aromatic heterocycles. The number of unbranched alkanes of at least 4 members (excludes halogenated alkanes) is 4. The van der Waals surface area contributed by atoms with Gasteiger partial charge in [0.15, 0.2) is 0 Å². The van der Waals surface area contributed by atoms with Crippen molar-refractivity contribution in [2.45, 2.75) is 91.9 Å². The molecule has 0 saturated heterocycles. The van der Waals surface area contributed by atoms with E-state index in [-0.39, 0.29) is 23.7 Å². The Labute approximate surface area is 147 Å². The fourth-order valence-corrected chi connectivity index (χ4v) is 2.96. The Morgan fingerprint density at radius 2 is 1.04 bits per heavy atom. The first kappa shape index (κ1) is 22.7. The third-order valence-corrected chi connectivity index (χ3v) is 4.37. The zero-order valence-electron chi connectivity index (χ0n) is 15.9. The van der Waals surface area contributed by atoms with Crippen LogP contribution >= 0.6 is 0 Å². The van der Waals surface area contributed by atoms with Gasteiger partial charge in [0.1, 0.15) is 0 Å². The Morgan fingerprint density at radius 1 is 0.708 bits per heavy atom. The molecule has 0 aromatic carbocycles. The lowest BCUT2D eigenvalue weighted by Gasteiger charge is -2.22. The lowest BCUT2D eigenvalue weighted by atomic mass is 9.83. The highest BCUT2D eigenvalue weighted by atomic mass is 16.4. The van der Waals surface area contributed by atoms with Crippen LogP contribution in [-0.2, 0) is 9.59 Å². The summed E-state index contributed by atoms with van der Waals surface area (Å²) in [6.45, 7) is 8.07. The second-order valence-electron chi connectivity index (χ2n) is 8.43. The molecule has 0 atom stereocenters. The van der Waals surface area contributed by atoms with Crippen molar-refractivity contribution in [3.8, 4) is 0 Å². The van der Waals surface area contributed by atoms with E-state index in [9.17, 15) is 9.59 Å². The van der Waals surface area contributed by atoms with Crippen LogP contribution in [0.15, 0.2) is 12.2 Å². The van der Waals surface area contributed by atoms with E-state index in [0.29, 0.717) is 0 Å². The van der Waals surface area contributed by atoms with Crippen LogP contribution < -0.4 is 0 Å². The van der Waals surface area contributed by atoms with E-state index in [2.05, 4.69) is 12.2 Å². The molecule has 0 spiro atoms. The third kappa shape index (κ3) is 14.3. The highest BCUT2D eigenvalue weighted by Gasteiger charge is 2.21. The van der Waals surface area contributed by atoms with Crippen LogP contribution in [0.5, 0.6) is 0 Å². The molecule has 0 aliphatic heterocycles. The molecule has 0 radical (unpaired) electrons. The largest absolute Gasteiger partial charge is 0.481 e. The van der Waals surface area contributed by atoms with Gasteiger partial charge in [0, 0.05) is 0 Å². The predicted octanol–water partition coefficient (Wildman–Crippen LogP) is 5.67. The number of aliphatic carboxylic acids is 2. The minimum atomic E-state index is -0.716. The molecule has 0 unspecified atom stereocenters. The van der Waals surface area contributed by atoms with Gasteiger partial charge in [-0.2, -0.15) is 0 Å². The van der Waals surface area contributed by atoms with Gasteiger partial charge in [0.05, 0.1) is 12.8 Å². The smallest absolute Gasteiger partial charge is 0.303 e. The number of hydrogen-bond acceptors (Lipinski definition) is 2. The van der Waals surface area contributed by atoms with Gasteiger partial charge in [-0.05, 0) is 49.4 Å². The van der Waals surface area contributed by atoms with Crippen LogP contribution in [0.25, 0.3) is 0 Å². The van der Waals surface area contributed by atoms with Gasteiger partial charge >= 0.3 is 11.9 Å². The summed E-state index contributed by atoms with van der Waals surface area (Å²) < 4.78 is 0. The monoisotopic (exact) mass is 340 g/mol. The molecule has 2 N–H and O–H groups in total. The first-order valence-corrected chi connectivity index (χ1v) is 9.13. The van der Waals surface area contributed by atoms with Gasteiger partial charge in [0.2, 0.25) is 0 Å². The van der Waals surface area contributed by atoms with Crippen molar-refractivity contribution < 1.29 is 19.8 Å². The van der Waals surface area contributed by atoms with E-state index in [0.717, 1.165) is 51.4 Å². The molecule has 0 aliphatic rings. The molecule has 0 amide bonds. The lowest BCUT2D eigenvalue weighted by molar-refractivity contribution is -0.140. The summed E-state index contributed by atoms with van der Waals surface area (Å²) in [5.74, 6) is -1.43. The molecule has 4 nitrogen and oxygen atoms in total. The van der Waals surface area contributed by atoms with Crippen molar-refractivity contribution in [2.24, 2.45) is 10.8 Å². The van der Waals surface area contributed by atoms with Crippen molar-refractivity contribution in [3.63, 3.8) is 0 Å². The Bertz CT molecular complexity index is 370. The molecule has 0 aromatic rings. The highest BCUT2D eigenvalue weighted by molar-refractivity contribution is 5.67. The molecule has 0 heterocycles. The fourth-order valence-electron chi connectivity index (χ4n) is 2.96. The van der Waals surface area contributed by atoms with Gasteiger partial charge in [-0.25, -0.2) is 0 Å². The van der Waals surface area contributed by atoms with Crippen LogP contribution in [0.2, 0.25) is 0 Å². The standard InChI is InChI=1S/C20H36O4/c1-19(2,15-17(21)22)13-11-9-7-5-6-8-10-12-14-20(3,4)16-18(23)24/h5-6H,7-16H2,1-4H3,(H,21,22)(H,23,24)/b6-5+. The minimum absolute atomic E-state index is 0.113. The molecular weight excluding hydrogens is 304 g/mol. The average molecular weight is 341 g/mol. The first-order chi connectivity index (χ1) is 11.0. The Balaban J connectivity index is 3.64. The molecule has 140 valence electrons. The summed E-state index contributed by atoms with van der Waals surface area (Å²) in [6, 6.07) is 0. The second kappa shape index (κ2) is 11.3. The molecule has 4 heteroatoms. The van der Waals surface area contributed by atoms with Gasteiger partial charge in [-0.15, -0.1) is 0 Å². The number of carboxylic acid groups (broad SMARTS) is 2. The highest BCUT2D eigenvalue weighted by Crippen LogP contribution is 2.28. The maximum Gasteiger partial charge on any atom is 0.303 e. The zero-order valence-corrected chi connectivity index (χ0v) is 15.9. The Hall–Kier alpha value is -1.32. The molecule has 0 bridgehead atoms. The number of hydrogen-bond donors (Lipinski definition) is 2. The number of rotatable bonds is 14. The van der Waals surface area contributed by atoms with Crippen molar-refractivity contribution in [2.75, 3.05) is 0 Å². The number of allylic oxidation sites excluding steroid dienone is 2. The quantitative estimate of drug-likeness (QED) is 0.316. The molecule has 0 aliphatic carbocycles. The van der Waals surface area contributed by atoms with E-state index in [1.807, 2.05) is 27.7 Å². The maximum absolute atomic E-state index is 10.7. The minimum Gasteiger partial charge on any atom is -0.481 e.